The van der Waals surface area contributed by atoms with Crippen molar-refractivity contribution < 1.29 is 0 Å². The first-order chi connectivity index (χ1) is 11.3. The van der Waals surface area contributed by atoms with E-state index in [0.29, 0.717) is 5.41 Å². The molecule has 0 unspecified atom stereocenters. The summed E-state index contributed by atoms with van der Waals surface area (Å²) < 4.78 is 2.60. The van der Waals surface area contributed by atoms with E-state index in [1.54, 1.807) is 0 Å². The Hall–Kier alpha value is -0.860. The van der Waals surface area contributed by atoms with Crippen molar-refractivity contribution in [2.45, 2.75) is 95.4 Å². The first-order valence-electron chi connectivity index (χ1n) is 10.2. The third-order valence-electron chi connectivity index (χ3n) is 7.37. The van der Waals surface area contributed by atoms with Gasteiger partial charge in [0.2, 0.25) is 0 Å². The zero-order chi connectivity index (χ0) is 15.3. The average molecular weight is 313 g/mol. The van der Waals surface area contributed by atoms with Crippen LogP contribution in [0.15, 0.2) is 0 Å². The lowest BCUT2D eigenvalue weighted by atomic mass is 9.49. The van der Waals surface area contributed by atoms with Gasteiger partial charge in [-0.05, 0) is 69.1 Å². The molecular weight excluding hydrogens is 282 g/mol. The summed E-state index contributed by atoms with van der Waals surface area (Å²) in [6.45, 7) is 1.18. The number of aryl methyl sites for hydroxylation is 1. The van der Waals surface area contributed by atoms with Gasteiger partial charge in [-0.2, -0.15) is 0 Å². The largest absolute Gasteiger partial charge is 0.315 e. The number of aromatic nitrogens is 3. The maximum absolute atomic E-state index is 4.85. The Morgan fingerprint density at radius 2 is 1.35 bits per heavy atom. The molecule has 0 radical (unpaired) electrons. The Labute approximate surface area is 140 Å². The first kappa shape index (κ1) is 14.5. The molecule has 0 aromatic carbocycles. The molecule has 1 aromatic heterocycles. The Bertz CT molecular complexity index is 538. The number of hydrogen-bond donors (Lipinski definition) is 0. The molecule has 6 rings (SSSR count). The Kier molecular flexibility index (Phi) is 3.52. The van der Waals surface area contributed by atoms with E-state index < -0.39 is 0 Å². The van der Waals surface area contributed by atoms with Crippen LogP contribution in [0.5, 0.6) is 0 Å². The Balaban J connectivity index is 1.49. The molecule has 2 heterocycles. The van der Waals surface area contributed by atoms with Crippen LogP contribution < -0.4 is 0 Å². The zero-order valence-corrected chi connectivity index (χ0v) is 14.5. The summed E-state index contributed by atoms with van der Waals surface area (Å²) in [5, 5.41) is 9.55. The fraction of sp³-hybridized carbons (Fsp3) is 0.900. The average Bonchev–Trinajstić information content (AvgIpc) is 2.93. The van der Waals surface area contributed by atoms with Gasteiger partial charge in [-0.3, -0.25) is 0 Å². The van der Waals surface area contributed by atoms with Gasteiger partial charge >= 0.3 is 0 Å². The minimum absolute atomic E-state index is 0.407. The second kappa shape index (κ2) is 5.60. The molecule has 0 saturated heterocycles. The zero-order valence-electron chi connectivity index (χ0n) is 14.5. The van der Waals surface area contributed by atoms with Crippen molar-refractivity contribution in [3.05, 3.63) is 11.6 Å². The number of fused-ring (bicyclic) bond motifs is 1. The molecule has 1 aliphatic heterocycles. The summed E-state index contributed by atoms with van der Waals surface area (Å²) in [5.74, 6) is 5.70. The molecule has 0 atom stereocenters. The smallest absolute Gasteiger partial charge is 0.139 e. The molecule has 1 aromatic rings. The topological polar surface area (TPSA) is 30.7 Å². The number of nitrogens with zero attached hydrogens (tertiary/aromatic N) is 3. The minimum atomic E-state index is 0.407. The van der Waals surface area contributed by atoms with Gasteiger partial charge in [-0.25, -0.2) is 0 Å². The van der Waals surface area contributed by atoms with Crippen molar-refractivity contribution in [2.75, 3.05) is 0 Å². The van der Waals surface area contributed by atoms with E-state index in [2.05, 4.69) is 4.57 Å². The molecule has 0 N–H and O–H groups in total. The van der Waals surface area contributed by atoms with Crippen LogP contribution in [0.25, 0.3) is 0 Å². The van der Waals surface area contributed by atoms with Crippen molar-refractivity contribution in [1.29, 1.82) is 0 Å². The molecule has 0 amide bonds. The Morgan fingerprint density at radius 1 is 0.739 bits per heavy atom. The predicted octanol–water partition coefficient (Wildman–Crippen LogP) is 4.64. The summed E-state index contributed by atoms with van der Waals surface area (Å²) in [4.78, 5) is 0. The van der Waals surface area contributed by atoms with Gasteiger partial charge in [0.05, 0.1) is 0 Å². The van der Waals surface area contributed by atoms with Crippen LogP contribution in [0.4, 0.5) is 0 Å². The van der Waals surface area contributed by atoms with Gasteiger partial charge in [0.15, 0.2) is 0 Å². The summed E-state index contributed by atoms with van der Waals surface area (Å²) in [6.07, 6.45) is 18.2. The van der Waals surface area contributed by atoms with E-state index in [-0.39, 0.29) is 0 Å². The van der Waals surface area contributed by atoms with Crippen LogP contribution in [0.1, 0.15) is 88.7 Å². The van der Waals surface area contributed by atoms with Gasteiger partial charge in [-0.15, -0.1) is 10.2 Å². The maximum Gasteiger partial charge on any atom is 0.139 e. The van der Waals surface area contributed by atoms with E-state index in [4.69, 9.17) is 10.2 Å². The van der Waals surface area contributed by atoms with Crippen molar-refractivity contribution >= 4 is 0 Å². The summed E-state index contributed by atoms with van der Waals surface area (Å²) >= 11 is 0. The highest BCUT2D eigenvalue weighted by atomic mass is 15.3. The third kappa shape index (κ3) is 2.46. The van der Waals surface area contributed by atoms with Gasteiger partial charge in [0.25, 0.3) is 0 Å². The first-order valence-corrected chi connectivity index (χ1v) is 10.2. The monoisotopic (exact) mass is 313 g/mol. The molecule has 5 aliphatic rings. The molecule has 3 nitrogen and oxygen atoms in total. The quantitative estimate of drug-likeness (QED) is 0.756. The van der Waals surface area contributed by atoms with Crippen LogP contribution in [-0.2, 0) is 18.4 Å². The molecule has 23 heavy (non-hydrogen) atoms. The summed E-state index contributed by atoms with van der Waals surface area (Å²) in [5.41, 5.74) is 0.407. The van der Waals surface area contributed by atoms with Gasteiger partial charge in [-0.1, -0.05) is 25.7 Å². The lowest BCUT2D eigenvalue weighted by Gasteiger charge is -2.56. The second-order valence-electron chi connectivity index (χ2n) is 9.16. The normalized spacial score (nSPS) is 40.1. The molecule has 3 heteroatoms. The number of hydrogen-bond acceptors (Lipinski definition) is 2. The molecule has 4 aliphatic carbocycles. The van der Waals surface area contributed by atoms with Gasteiger partial charge in [0.1, 0.15) is 11.6 Å². The van der Waals surface area contributed by atoms with Gasteiger partial charge in [0, 0.05) is 18.4 Å². The fourth-order valence-corrected chi connectivity index (χ4v) is 6.79. The molecule has 4 bridgehead atoms. The molecule has 4 fully saturated rings. The van der Waals surface area contributed by atoms with Crippen molar-refractivity contribution in [3.8, 4) is 0 Å². The SMILES string of the molecule is C1CCCCn2c(nnc2C23CC4CC(CC(C4)C2)C3)CCC1. The van der Waals surface area contributed by atoms with Crippen LogP contribution in [0, 0.1) is 17.8 Å². The highest BCUT2D eigenvalue weighted by Gasteiger charge is 2.53. The minimum Gasteiger partial charge on any atom is -0.315 e. The van der Waals surface area contributed by atoms with E-state index in [9.17, 15) is 0 Å². The maximum atomic E-state index is 4.85. The fourth-order valence-electron chi connectivity index (χ4n) is 6.79. The van der Waals surface area contributed by atoms with Crippen LogP contribution in [0.2, 0.25) is 0 Å². The van der Waals surface area contributed by atoms with Gasteiger partial charge < -0.3 is 4.57 Å². The highest BCUT2D eigenvalue weighted by Crippen LogP contribution is 2.60. The third-order valence-corrected chi connectivity index (χ3v) is 7.37. The summed E-state index contributed by atoms with van der Waals surface area (Å²) in [6, 6.07) is 0. The molecule has 4 saturated carbocycles. The van der Waals surface area contributed by atoms with E-state index in [1.165, 1.54) is 95.2 Å². The Morgan fingerprint density at radius 3 is 2.04 bits per heavy atom. The predicted molar refractivity (Wildman–Crippen MR) is 91.3 cm³/mol. The molecular formula is C20H31N3. The van der Waals surface area contributed by atoms with Crippen LogP contribution in [-0.4, -0.2) is 14.8 Å². The van der Waals surface area contributed by atoms with Crippen molar-refractivity contribution in [2.24, 2.45) is 17.8 Å². The van der Waals surface area contributed by atoms with Crippen molar-refractivity contribution in [1.82, 2.24) is 14.8 Å². The second-order valence-corrected chi connectivity index (χ2v) is 9.16. The lowest BCUT2D eigenvalue weighted by Crippen LogP contribution is -2.49. The van der Waals surface area contributed by atoms with E-state index in [0.717, 1.165) is 24.2 Å². The van der Waals surface area contributed by atoms with Crippen molar-refractivity contribution in [3.63, 3.8) is 0 Å². The van der Waals surface area contributed by atoms with E-state index in [1.807, 2.05) is 0 Å². The summed E-state index contributed by atoms with van der Waals surface area (Å²) in [7, 11) is 0. The van der Waals surface area contributed by atoms with E-state index >= 15 is 0 Å². The molecule has 126 valence electrons. The highest BCUT2D eigenvalue weighted by molar-refractivity contribution is 5.19. The standard InChI is InChI=1S/C20H31N3/c1-2-4-6-8-23-18(7-5-3-1)21-22-19(23)20-12-15-9-16(13-20)11-17(10-15)14-20/h15-17H,1-14H2. The lowest BCUT2D eigenvalue weighted by molar-refractivity contribution is -0.0113. The van der Waals surface area contributed by atoms with Crippen LogP contribution in [0.3, 0.4) is 0 Å². The number of rotatable bonds is 1. The molecule has 0 spiro atoms. The van der Waals surface area contributed by atoms with Crippen LogP contribution >= 0.6 is 0 Å².